The molecule has 1 heterocycles. The molecule has 0 amide bonds. The van der Waals surface area contributed by atoms with Gasteiger partial charge in [0, 0.05) is 11.1 Å². The number of benzene rings is 3. The van der Waals surface area contributed by atoms with Gasteiger partial charge in [-0.1, -0.05) is 78.4 Å². The van der Waals surface area contributed by atoms with Crippen molar-refractivity contribution in [2.45, 2.75) is 58.7 Å². The van der Waals surface area contributed by atoms with Gasteiger partial charge < -0.3 is 10.1 Å². The van der Waals surface area contributed by atoms with Gasteiger partial charge >= 0.3 is 5.97 Å². The summed E-state index contributed by atoms with van der Waals surface area (Å²) < 4.78 is 5.68. The highest BCUT2D eigenvalue weighted by molar-refractivity contribution is 5.75. The maximum absolute atomic E-state index is 12.7. The fourth-order valence-corrected chi connectivity index (χ4v) is 4.80. The van der Waals surface area contributed by atoms with Crippen molar-refractivity contribution in [2.24, 2.45) is 5.92 Å². The van der Waals surface area contributed by atoms with Crippen LogP contribution in [-0.4, -0.2) is 17.0 Å². The Bertz CT molecular complexity index is 1080. The first-order chi connectivity index (χ1) is 15.1. The number of nitrogens with one attached hydrogen (secondary N) is 1. The van der Waals surface area contributed by atoms with Gasteiger partial charge in [0.15, 0.2) is 0 Å². The number of hydrogen-bond donors (Lipinski definition) is 1. The lowest BCUT2D eigenvalue weighted by atomic mass is 9.87. The van der Waals surface area contributed by atoms with Crippen LogP contribution in [0.25, 0.3) is 22.3 Å². The number of ether oxygens (including phenoxy) is 1. The second kappa shape index (κ2) is 8.55. The molecule has 1 saturated heterocycles. The Morgan fingerprint density at radius 2 is 1.25 bits per heavy atom. The summed E-state index contributed by atoms with van der Waals surface area (Å²) in [4.78, 5) is 12.7. The summed E-state index contributed by atoms with van der Waals surface area (Å²) in [5, 5.41) is 3.54. The molecule has 1 unspecified atom stereocenters. The smallest absolute Gasteiger partial charge is 0.311 e. The molecule has 1 aliphatic heterocycles. The molecule has 3 aromatic carbocycles. The predicted molar refractivity (Wildman–Crippen MR) is 131 cm³/mol. The summed E-state index contributed by atoms with van der Waals surface area (Å²) in [5.41, 5.74) is 6.72. The molecule has 0 aliphatic carbocycles. The molecule has 1 atom stereocenters. The molecule has 4 rings (SSSR count). The van der Waals surface area contributed by atoms with Gasteiger partial charge in [0.05, 0.1) is 5.92 Å². The van der Waals surface area contributed by atoms with Gasteiger partial charge in [-0.15, -0.1) is 0 Å². The third-order valence-corrected chi connectivity index (χ3v) is 6.47. The van der Waals surface area contributed by atoms with Crippen LogP contribution in [0.4, 0.5) is 0 Å². The molecule has 3 nitrogen and oxygen atoms in total. The fraction of sp³-hybridized carbons (Fsp3) is 0.345. The van der Waals surface area contributed by atoms with Gasteiger partial charge in [0.1, 0.15) is 6.61 Å². The number of aryl methyl sites for hydroxylation is 1. The van der Waals surface area contributed by atoms with E-state index in [4.69, 9.17) is 4.74 Å². The van der Waals surface area contributed by atoms with Gasteiger partial charge in [-0.25, -0.2) is 0 Å². The van der Waals surface area contributed by atoms with Crippen molar-refractivity contribution in [3.05, 3.63) is 83.9 Å². The first-order valence-corrected chi connectivity index (χ1v) is 11.4. The van der Waals surface area contributed by atoms with Crippen LogP contribution in [0, 0.1) is 12.8 Å². The molecular weight excluding hydrogens is 394 g/mol. The Hall–Kier alpha value is -2.91. The summed E-state index contributed by atoms with van der Waals surface area (Å²) in [7, 11) is 0. The summed E-state index contributed by atoms with van der Waals surface area (Å²) in [5.74, 6) is -0.257. The van der Waals surface area contributed by atoms with E-state index in [1.807, 2.05) is 12.1 Å². The normalized spacial score (nSPS) is 19.0. The molecule has 3 aromatic rings. The van der Waals surface area contributed by atoms with E-state index in [0.29, 0.717) is 6.61 Å². The topological polar surface area (TPSA) is 38.3 Å². The van der Waals surface area contributed by atoms with Crippen molar-refractivity contribution in [1.82, 2.24) is 5.32 Å². The lowest BCUT2D eigenvalue weighted by molar-refractivity contribution is -0.151. The quantitative estimate of drug-likeness (QED) is 0.470. The third-order valence-electron chi connectivity index (χ3n) is 6.47. The zero-order chi connectivity index (χ0) is 22.9. The number of hydrogen-bond acceptors (Lipinski definition) is 3. The molecule has 0 saturated carbocycles. The minimum Gasteiger partial charge on any atom is -0.461 e. The number of carbonyl (C=O) groups is 1. The Labute approximate surface area is 191 Å². The molecule has 1 aliphatic rings. The number of rotatable bonds is 5. The largest absolute Gasteiger partial charge is 0.461 e. The molecule has 0 radical (unpaired) electrons. The third kappa shape index (κ3) is 4.94. The van der Waals surface area contributed by atoms with E-state index in [1.165, 1.54) is 22.3 Å². The lowest BCUT2D eigenvalue weighted by Crippen LogP contribution is -2.46. The average molecular weight is 428 g/mol. The van der Waals surface area contributed by atoms with Crippen molar-refractivity contribution >= 4 is 5.97 Å². The van der Waals surface area contributed by atoms with Gasteiger partial charge in [-0.2, -0.15) is 0 Å². The Morgan fingerprint density at radius 3 is 1.69 bits per heavy atom. The van der Waals surface area contributed by atoms with E-state index in [0.717, 1.165) is 17.5 Å². The summed E-state index contributed by atoms with van der Waals surface area (Å²) in [6.45, 7) is 10.8. The van der Waals surface area contributed by atoms with Gasteiger partial charge in [-0.05, 0) is 68.9 Å². The highest BCUT2D eigenvalue weighted by atomic mass is 16.5. The van der Waals surface area contributed by atoms with Crippen LogP contribution >= 0.6 is 0 Å². The van der Waals surface area contributed by atoms with Gasteiger partial charge in [-0.3, -0.25) is 4.79 Å². The standard InChI is InChI=1S/C29H33NO2/c1-20-6-10-22(11-7-20)24-14-16-25(17-15-24)23-12-8-21(9-13-23)19-32-27(31)26-18-28(2,3)30-29(26,4)5/h6-17,26,30H,18-19H2,1-5H3. The maximum Gasteiger partial charge on any atom is 0.311 e. The maximum atomic E-state index is 12.7. The molecule has 1 fully saturated rings. The zero-order valence-electron chi connectivity index (χ0n) is 19.7. The molecule has 166 valence electrons. The minimum atomic E-state index is -0.255. The molecule has 0 aromatic heterocycles. The summed E-state index contributed by atoms with van der Waals surface area (Å²) in [6.07, 6.45) is 0.788. The zero-order valence-corrected chi connectivity index (χ0v) is 19.7. The minimum absolute atomic E-state index is 0.0517. The molecule has 0 bridgehead atoms. The van der Waals surface area contributed by atoms with Crippen LogP contribution in [0.2, 0.25) is 0 Å². The molecule has 0 spiro atoms. The molecular formula is C29H33NO2. The second-order valence-electron chi connectivity index (χ2n) is 10.2. The van der Waals surface area contributed by atoms with Gasteiger partial charge in [0.25, 0.3) is 0 Å². The molecule has 3 heteroatoms. The highest BCUT2D eigenvalue weighted by Crippen LogP contribution is 2.36. The van der Waals surface area contributed by atoms with Crippen molar-refractivity contribution in [1.29, 1.82) is 0 Å². The summed E-state index contributed by atoms with van der Waals surface area (Å²) >= 11 is 0. The van der Waals surface area contributed by atoms with Gasteiger partial charge in [0.2, 0.25) is 0 Å². The van der Waals surface area contributed by atoms with Crippen molar-refractivity contribution in [3.63, 3.8) is 0 Å². The fourth-order valence-electron chi connectivity index (χ4n) is 4.80. The van der Waals surface area contributed by atoms with Crippen LogP contribution in [0.3, 0.4) is 0 Å². The van der Waals surface area contributed by atoms with E-state index < -0.39 is 0 Å². The van der Waals surface area contributed by atoms with Crippen molar-refractivity contribution in [2.75, 3.05) is 0 Å². The number of carbonyl (C=O) groups excluding carboxylic acids is 1. The SMILES string of the molecule is Cc1ccc(-c2ccc(-c3ccc(COC(=O)C4CC(C)(C)NC4(C)C)cc3)cc2)cc1. The Morgan fingerprint density at radius 1 is 0.812 bits per heavy atom. The first kappa shape index (κ1) is 22.3. The summed E-state index contributed by atoms with van der Waals surface area (Å²) in [6, 6.07) is 25.5. The van der Waals surface area contributed by atoms with Crippen LogP contribution in [0.5, 0.6) is 0 Å². The Balaban J connectivity index is 1.38. The van der Waals surface area contributed by atoms with E-state index in [2.05, 4.69) is 101 Å². The van der Waals surface area contributed by atoms with E-state index in [9.17, 15) is 4.79 Å². The predicted octanol–water partition coefficient (Wildman–Crippen LogP) is 6.54. The average Bonchev–Trinajstić information content (AvgIpc) is 3.00. The second-order valence-corrected chi connectivity index (χ2v) is 10.2. The molecule has 32 heavy (non-hydrogen) atoms. The lowest BCUT2D eigenvalue weighted by Gasteiger charge is -2.27. The number of esters is 1. The van der Waals surface area contributed by atoms with Crippen LogP contribution in [0.1, 0.15) is 45.2 Å². The molecule has 1 N–H and O–H groups in total. The monoisotopic (exact) mass is 427 g/mol. The highest BCUT2D eigenvalue weighted by Gasteiger charge is 2.48. The van der Waals surface area contributed by atoms with Crippen LogP contribution < -0.4 is 5.32 Å². The van der Waals surface area contributed by atoms with E-state index >= 15 is 0 Å². The van der Waals surface area contributed by atoms with Crippen LogP contribution in [-0.2, 0) is 16.1 Å². The Kier molecular flexibility index (Phi) is 5.96. The van der Waals surface area contributed by atoms with E-state index in [-0.39, 0.29) is 23.0 Å². The van der Waals surface area contributed by atoms with Crippen LogP contribution in [0.15, 0.2) is 72.8 Å². The van der Waals surface area contributed by atoms with E-state index in [1.54, 1.807) is 0 Å². The van der Waals surface area contributed by atoms with Crippen molar-refractivity contribution in [3.8, 4) is 22.3 Å². The van der Waals surface area contributed by atoms with Crippen molar-refractivity contribution < 1.29 is 9.53 Å². The first-order valence-electron chi connectivity index (χ1n) is 11.4.